The van der Waals surface area contributed by atoms with Crippen LogP contribution >= 0.6 is 0 Å². The molecule has 0 N–H and O–H groups in total. The number of nitrogens with zero attached hydrogens (tertiary/aromatic N) is 1. The summed E-state index contributed by atoms with van der Waals surface area (Å²) in [7, 11) is 0. The van der Waals surface area contributed by atoms with Gasteiger partial charge in [-0.2, -0.15) is 0 Å². The van der Waals surface area contributed by atoms with Gasteiger partial charge in [-0.1, -0.05) is 121 Å². The van der Waals surface area contributed by atoms with Crippen LogP contribution in [-0.2, 0) is 10.8 Å². The average molecular weight is 546 g/mol. The van der Waals surface area contributed by atoms with Crippen LogP contribution in [0.2, 0.25) is 0 Å². The van der Waals surface area contributed by atoms with E-state index < -0.39 is 0 Å². The third-order valence-electron chi connectivity index (χ3n) is 12.6. The van der Waals surface area contributed by atoms with Crippen molar-refractivity contribution in [2.24, 2.45) is 16.7 Å². The van der Waals surface area contributed by atoms with E-state index in [2.05, 4.69) is 151 Å². The Hall–Kier alpha value is -3.84. The van der Waals surface area contributed by atoms with Crippen molar-refractivity contribution in [1.82, 2.24) is 0 Å². The zero-order chi connectivity index (χ0) is 27.9. The lowest BCUT2D eigenvalue weighted by Crippen LogP contribution is -2.65. The van der Waals surface area contributed by atoms with Crippen molar-refractivity contribution in [2.45, 2.75) is 61.3 Å². The zero-order valence-electron chi connectivity index (χ0n) is 24.3. The van der Waals surface area contributed by atoms with Crippen LogP contribution in [0.5, 0.6) is 0 Å². The maximum Gasteiger partial charge on any atom is 0.0471 e. The average Bonchev–Trinajstić information content (AvgIpc) is 3.34. The van der Waals surface area contributed by atoms with E-state index >= 15 is 0 Å². The molecule has 208 valence electrons. The number of fused-ring (bicyclic) bond motifs is 2. The van der Waals surface area contributed by atoms with Crippen LogP contribution < -0.4 is 4.90 Å². The van der Waals surface area contributed by atoms with Gasteiger partial charge in [-0.15, -0.1) is 0 Å². The summed E-state index contributed by atoms with van der Waals surface area (Å²) in [5, 5.41) is 0. The van der Waals surface area contributed by atoms with Gasteiger partial charge in [-0.3, -0.25) is 0 Å². The third-order valence-corrected chi connectivity index (χ3v) is 12.6. The van der Waals surface area contributed by atoms with E-state index in [1.807, 2.05) is 0 Å². The first-order valence-corrected chi connectivity index (χ1v) is 16.0. The minimum Gasteiger partial charge on any atom is -0.335 e. The molecule has 1 heteroatoms. The van der Waals surface area contributed by atoms with Gasteiger partial charge in [0, 0.05) is 22.3 Å². The summed E-state index contributed by atoms with van der Waals surface area (Å²) in [4.78, 5) is 2.81. The van der Waals surface area contributed by atoms with Gasteiger partial charge < -0.3 is 4.90 Å². The van der Waals surface area contributed by atoms with Crippen LogP contribution in [0.1, 0.15) is 56.1 Å². The Morgan fingerprint density at radius 3 is 1.71 bits per heavy atom. The van der Waals surface area contributed by atoms with E-state index in [1.165, 1.54) is 56.3 Å². The number of hydrogen-bond donors (Lipinski definition) is 0. The first-order valence-electron chi connectivity index (χ1n) is 16.0. The topological polar surface area (TPSA) is 3.24 Å². The molecule has 42 heavy (non-hydrogen) atoms. The van der Waals surface area contributed by atoms with E-state index in [9.17, 15) is 0 Å². The second-order valence-corrected chi connectivity index (χ2v) is 14.3. The first-order chi connectivity index (χ1) is 20.6. The van der Waals surface area contributed by atoms with Crippen LogP contribution in [-0.4, -0.2) is 5.54 Å². The molecule has 0 aromatic heterocycles. The molecule has 1 nitrogen and oxygen atoms in total. The molecule has 4 saturated carbocycles. The van der Waals surface area contributed by atoms with E-state index in [4.69, 9.17) is 0 Å². The van der Waals surface area contributed by atoms with Crippen LogP contribution in [0.25, 0.3) is 0 Å². The number of para-hydroxylation sites is 2. The van der Waals surface area contributed by atoms with Crippen LogP contribution in [0.4, 0.5) is 11.4 Å². The summed E-state index contributed by atoms with van der Waals surface area (Å²) in [6.07, 6.45) is 18.4. The molecular formula is C41H39N. The van der Waals surface area contributed by atoms with Gasteiger partial charge in [0.1, 0.15) is 0 Å². The van der Waals surface area contributed by atoms with Crippen molar-refractivity contribution in [3.05, 3.63) is 157 Å². The molecule has 5 aliphatic rings. The molecule has 3 bridgehead atoms. The van der Waals surface area contributed by atoms with Gasteiger partial charge in [-0.25, -0.2) is 0 Å². The van der Waals surface area contributed by atoms with Crippen molar-refractivity contribution < 1.29 is 0 Å². The molecule has 0 aliphatic heterocycles. The van der Waals surface area contributed by atoms with Crippen LogP contribution in [0.3, 0.4) is 0 Å². The molecule has 0 heterocycles. The number of benzene rings is 4. The highest BCUT2D eigenvalue weighted by molar-refractivity contribution is 5.68. The van der Waals surface area contributed by atoms with Gasteiger partial charge in [0.25, 0.3) is 0 Å². The lowest BCUT2D eigenvalue weighted by Gasteiger charge is -2.69. The quantitative estimate of drug-likeness (QED) is 0.233. The lowest BCUT2D eigenvalue weighted by molar-refractivity contribution is -0.153. The fourth-order valence-electron chi connectivity index (χ4n) is 11.8. The maximum atomic E-state index is 2.81. The molecule has 6 unspecified atom stereocenters. The second kappa shape index (κ2) is 8.60. The highest BCUT2D eigenvalue weighted by atomic mass is 15.2. The number of allylic oxidation sites excluding steroid dienone is 4. The molecule has 4 aromatic carbocycles. The maximum absolute atomic E-state index is 2.81. The van der Waals surface area contributed by atoms with Crippen molar-refractivity contribution >= 4 is 11.4 Å². The molecule has 4 aromatic rings. The Morgan fingerprint density at radius 1 is 0.524 bits per heavy atom. The summed E-state index contributed by atoms with van der Waals surface area (Å²) in [5.74, 6) is 0.597. The summed E-state index contributed by atoms with van der Waals surface area (Å²) in [6, 6.07) is 46.1. The molecule has 4 fully saturated rings. The van der Waals surface area contributed by atoms with E-state index in [0.717, 1.165) is 0 Å². The molecule has 5 aliphatic carbocycles. The standard InChI is InChI=1S/C41H39N/c1-6-16-32(17-7-1)37-26-38(42(35-22-12-4-13-23-35)36-24-14-5-15-25-36)29-40(34-20-10-3-11-21-34)31-39(27-37,41(40,28-37)30-38)33-18-8-2-9-19-33/h1-20,22-25,34H,21,26-31H2. The Morgan fingerprint density at radius 2 is 1.12 bits per heavy atom. The van der Waals surface area contributed by atoms with Crippen molar-refractivity contribution in [3.8, 4) is 0 Å². The largest absolute Gasteiger partial charge is 0.335 e. The summed E-state index contributed by atoms with van der Waals surface area (Å²) < 4.78 is 0. The summed E-state index contributed by atoms with van der Waals surface area (Å²) >= 11 is 0. The van der Waals surface area contributed by atoms with Crippen molar-refractivity contribution in [3.63, 3.8) is 0 Å². The van der Waals surface area contributed by atoms with Gasteiger partial charge in [0.2, 0.25) is 0 Å². The molecule has 0 amide bonds. The third kappa shape index (κ3) is 3.00. The van der Waals surface area contributed by atoms with E-state index in [-0.39, 0.29) is 21.8 Å². The van der Waals surface area contributed by atoms with Crippen molar-refractivity contribution in [1.29, 1.82) is 0 Å². The summed E-state index contributed by atoms with van der Waals surface area (Å²) in [5.41, 5.74) is 6.80. The number of rotatable bonds is 6. The Balaban J connectivity index is 1.32. The second-order valence-electron chi connectivity index (χ2n) is 14.3. The Kier molecular flexibility index (Phi) is 5.06. The predicted molar refractivity (Wildman–Crippen MR) is 173 cm³/mol. The molecule has 0 radical (unpaired) electrons. The van der Waals surface area contributed by atoms with Gasteiger partial charge in [0.05, 0.1) is 0 Å². The normalized spacial score (nSPS) is 36.9. The SMILES string of the molecule is C1=CCC(C23CC4(N(c5ccccc5)c5ccccc5)CC5(c6ccccc6)CC(c6ccccc6)(C2)C3(C5)C4)C=C1. The fraction of sp³-hybridized carbons (Fsp3) is 0.317. The predicted octanol–water partition coefficient (Wildman–Crippen LogP) is 9.94. The molecular weight excluding hydrogens is 506 g/mol. The lowest BCUT2D eigenvalue weighted by atomic mass is 9.34. The minimum atomic E-state index is 0.0405. The smallest absolute Gasteiger partial charge is 0.0471 e. The zero-order valence-corrected chi connectivity index (χ0v) is 24.3. The fourth-order valence-corrected chi connectivity index (χ4v) is 11.8. The minimum absolute atomic E-state index is 0.0405. The first kappa shape index (κ1) is 24.7. The highest BCUT2D eigenvalue weighted by Gasteiger charge is 2.88. The molecule has 1 spiro atoms. The number of hydrogen-bond acceptors (Lipinski definition) is 1. The Bertz CT molecular complexity index is 1640. The Labute approximate surface area is 250 Å². The van der Waals surface area contributed by atoms with E-state index in [0.29, 0.717) is 11.3 Å². The van der Waals surface area contributed by atoms with E-state index in [1.54, 1.807) is 11.1 Å². The molecule has 0 saturated heterocycles. The van der Waals surface area contributed by atoms with Gasteiger partial charge in [0.15, 0.2) is 0 Å². The van der Waals surface area contributed by atoms with Crippen LogP contribution in [0, 0.1) is 16.7 Å². The summed E-state index contributed by atoms with van der Waals surface area (Å²) in [6.45, 7) is 0. The van der Waals surface area contributed by atoms with Gasteiger partial charge in [-0.05, 0) is 103 Å². The molecule has 6 atom stereocenters. The van der Waals surface area contributed by atoms with Crippen molar-refractivity contribution in [2.75, 3.05) is 4.90 Å². The monoisotopic (exact) mass is 545 g/mol. The van der Waals surface area contributed by atoms with Crippen LogP contribution in [0.15, 0.2) is 146 Å². The van der Waals surface area contributed by atoms with Gasteiger partial charge >= 0.3 is 0 Å². The molecule has 9 rings (SSSR count). The highest BCUT2D eigenvalue weighted by Crippen LogP contribution is 2.91. The number of anilines is 2.